The van der Waals surface area contributed by atoms with Crippen molar-refractivity contribution in [2.45, 2.75) is 53.2 Å². The number of aromatic nitrogens is 4. The average molecular weight is 385 g/mol. The third kappa shape index (κ3) is 3.67. The van der Waals surface area contributed by atoms with Crippen LogP contribution >= 0.6 is 0 Å². The molecule has 0 bridgehead atoms. The summed E-state index contributed by atoms with van der Waals surface area (Å²) in [6.45, 7) is 8.96. The van der Waals surface area contributed by atoms with Crippen molar-refractivity contribution in [2.24, 2.45) is 0 Å². The van der Waals surface area contributed by atoms with Gasteiger partial charge in [0.05, 0.1) is 28.8 Å². The van der Waals surface area contributed by atoms with Gasteiger partial charge in [-0.1, -0.05) is 12.1 Å². The molecule has 0 aliphatic heterocycles. The van der Waals surface area contributed by atoms with E-state index in [1.807, 2.05) is 13.8 Å². The van der Waals surface area contributed by atoms with Gasteiger partial charge in [-0.15, -0.1) is 0 Å². The smallest absolute Gasteiger partial charge is 0.278 e. The third-order valence-electron chi connectivity index (χ3n) is 4.66. The molecule has 0 aliphatic carbocycles. The Bertz CT molecular complexity index is 1100. The maximum atomic E-state index is 14.1. The number of halogens is 1. The maximum Gasteiger partial charge on any atom is 0.278 e. The van der Waals surface area contributed by atoms with E-state index in [4.69, 9.17) is 0 Å². The molecule has 2 aromatic heterocycles. The maximum absolute atomic E-state index is 14.1. The molecule has 3 rings (SSSR count). The fourth-order valence-corrected chi connectivity index (χ4v) is 3.28. The quantitative estimate of drug-likeness (QED) is 0.732. The molecule has 1 unspecified atom stereocenters. The number of hydrogen-bond donors (Lipinski definition) is 1. The Morgan fingerprint density at radius 3 is 2.61 bits per heavy atom. The van der Waals surface area contributed by atoms with Crippen molar-refractivity contribution >= 4 is 16.8 Å². The highest BCUT2D eigenvalue weighted by Crippen LogP contribution is 2.18. The molecule has 28 heavy (non-hydrogen) atoms. The Labute approximate surface area is 162 Å². The van der Waals surface area contributed by atoms with Crippen LogP contribution in [0.15, 0.2) is 29.2 Å². The summed E-state index contributed by atoms with van der Waals surface area (Å²) < 4.78 is 17.0. The molecular formula is C20H24FN5O2. The van der Waals surface area contributed by atoms with E-state index < -0.39 is 11.9 Å². The Morgan fingerprint density at radius 1 is 1.25 bits per heavy atom. The summed E-state index contributed by atoms with van der Waals surface area (Å²) in [4.78, 5) is 25.1. The van der Waals surface area contributed by atoms with E-state index in [0.29, 0.717) is 22.2 Å². The lowest BCUT2D eigenvalue weighted by atomic mass is 10.1. The first-order valence-corrected chi connectivity index (χ1v) is 9.19. The van der Waals surface area contributed by atoms with Crippen LogP contribution < -0.4 is 10.9 Å². The van der Waals surface area contributed by atoms with E-state index in [0.717, 1.165) is 10.2 Å². The van der Waals surface area contributed by atoms with Crippen molar-refractivity contribution in [1.82, 2.24) is 24.9 Å². The van der Waals surface area contributed by atoms with Gasteiger partial charge < -0.3 is 5.32 Å². The number of aryl methyl sites for hydroxylation is 2. The normalized spacial score (nSPS) is 12.5. The summed E-state index contributed by atoms with van der Waals surface area (Å²) in [6.07, 6.45) is 1.51. The lowest BCUT2D eigenvalue weighted by Gasteiger charge is -2.16. The summed E-state index contributed by atoms with van der Waals surface area (Å²) in [5, 5.41) is 11.7. The molecule has 1 aromatic carbocycles. The second kappa shape index (κ2) is 7.53. The first-order valence-electron chi connectivity index (χ1n) is 9.19. The first-order chi connectivity index (χ1) is 13.2. The van der Waals surface area contributed by atoms with Crippen LogP contribution in [0.25, 0.3) is 10.9 Å². The fraction of sp³-hybridized carbons (Fsp3) is 0.400. The number of carbonyl (C=O) groups excluding carboxylic acids is 1. The lowest BCUT2D eigenvalue weighted by molar-refractivity contribution is -0.122. The first kappa shape index (κ1) is 19.7. The van der Waals surface area contributed by atoms with E-state index >= 15 is 0 Å². The number of amides is 1. The number of hydrogen-bond acceptors (Lipinski definition) is 4. The zero-order valence-corrected chi connectivity index (χ0v) is 16.7. The third-order valence-corrected chi connectivity index (χ3v) is 4.66. The molecule has 7 nitrogen and oxygen atoms in total. The van der Waals surface area contributed by atoms with Gasteiger partial charge in [-0.05, 0) is 46.2 Å². The summed E-state index contributed by atoms with van der Waals surface area (Å²) in [7, 11) is 0. The minimum absolute atomic E-state index is 0.0850. The topological polar surface area (TPSA) is 81.8 Å². The molecule has 1 atom stereocenters. The van der Waals surface area contributed by atoms with Gasteiger partial charge in [0.1, 0.15) is 12.4 Å². The van der Waals surface area contributed by atoms with Gasteiger partial charge in [-0.2, -0.15) is 10.2 Å². The van der Waals surface area contributed by atoms with E-state index in [1.54, 1.807) is 37.6 Å². The van der Waals surface area contributed by atoms with E-state index in [1.165, 1.54) is 12.3 Å². The second-order valence-corrected chi connectivity index (χ2v) is 7.31. The Balaban J connectivity index is 1.83. The van der Waals surface area contributed by atoms with Crippen LogP contribution in [0, 0.1) is 19.7 Å². The number of rotatable bonds is 5. The van der Waals surface area contributed by atoms with Crippen molar-refractivity contribution in [3.8, 4) is 0 Å². The van der Waals surface area contributed by atoms with Gasteiger partial charge in [0.25, 0.3) is 5.56 Å². The van der Waals surface area contributed by atoms with Crippen molar-refractivity contribution in [2.75, 3.05) is 0 Å². The standard InChI is InChI=1S/C20H24FN5O2/c1-11(2)26-19-14(5)24-25(20(28)16(19)9-22-26)10-18(27)23-13(4)15-7-6-12(3)8-17(15)21/h6-9,11,13H,10H2,1-5H3,(H,23,27). The number of nitrogens with zero attached hydrogens (tertiary/aromatic N) is 4. The molecular weight excluding hydrogens is 361 g/mol. The van der Waals surface area contributed by atoms with Crippen molar-refractivity contribution in [3.63, 3.8) is 0 Å². The molecule has 1 amide bonds. The van der Waals surface area contributed by atoms with Gasteiger partial charge in [0.15, 0.2) is 0 Å². The second-order valence-electron chi connectivity index (χ2n) is 7.31. The zero-order valence-electron chi connectivity index (χ0n) is 16.7. The fourth-order valence-electron chi connectivity index (χ4n) is 3.28. The van der Waals surface area contributed by atoms with E-state index in [2.05, 4.69) is 15.5 Å². The Hall–Kier alpha value is -3.03. The molecule has 0 saturated carbocycles. The molecule has 0 aliphatic rings. The van der Waals surface area contributed by atoms with Crippen LogP contribution in [0.5, 0.6) is 0 Å². The van der Waals surface area contributed by atoms with Crippen molar-refractivity contribution in [3.05, 3.63) is 57.4 Å². The van der Waals surface area contributed by atoms with Crippen LogP contribution in [0.3, 0.4) is 0 Å². The number of benzene rings is 1. The van der Waals surface area contributed by atoms with Gasteiger partial charge >= 0.3 is 0 Å². The van der Waals surface area contributed by atoms with Crippen molar-refractivity contribution < 1.29 is 9.18 Å². The molecule has 3 aromatic rings. The summed E-state index contributed by atoms with van der Waals surface area (Å²) in [6, 6.07) is 4.42. The van der Waals surface area contributed by atoms with Crippen LogP contribution in [0.4, 0.5) is 4.39 Å². The molecule has 148 valence electrons. The number of fused-ring (bicyclic) bond motifs is 1. The monoisotopic (exact) mass is 385 g/mol. The predicted molar refractivity (Wildman–Crippen MR) is 105 cm³/mol. The number of carbonyl (C=O) groups is 1. The highest BCUT2D eigenvalue weighted by atomic mass is 19.1. The van der Waals surface area contributed by atoms with Crippen molar-refractivity contribution in [1.29, 1.82) is 0 Å². The van der Waals surface area contributed by atoms with Crippen LogP contribution in [-0.2, 0) is 11.3 Å². The average Bonchev–Trinajstić information content (AvgIpc) is 3.05. The number of nitrogens with one attached hydrogen (secondary N) is 1. The molecule has 0 radical (unpaired) electrons. The van der Waals surface area contributed by atoms with Gasteiger partial charge in [-0.3, -0.25) is 14.3 Å². The zero-order chi connectivity index (χ0) is 20.6. The predicted octanol–water partition coefficient (Wildman–Crippen LogP) is 2.81. The lowest BCUT2D eigenvalue weighted by Crippen LogP contribution is -2.35. The summed E-state index contributed by atoms with van der Waals surface area (Å²) >= 11 is 0. The minimum atomic E-state index is -0.530. The Kier molecular flexibility index (Phi) is 5.31. The van der Waals surface area contributed by atoms with Crippen LogP contribution in [0.2, 0.25) is 0 Å². The van der Waals surface area contributed by atoms with Gasteiger partial charge in [-0.25, -0.2) is 9.07 Å². The molecule has 0 saturated heterocycles. The van der Waals surface area contributed by atoms with E-state index in [9.17, 15) is 14.0 Å². The molecule has 8 heteroatoms. The van der Waals surface area contributed by atoms with Crippen LogP contribution in [0.1, 0.15) is 49.7 Å². The highest BCUT2D eigenvalue weighted by molar-refractivity contribution is 5.80. The van der Waals surface area contributed by atoms with Gasteiger partial charge in [0, 0.05) is 11.6 Å². The molecule has 0 fully saturated rings. The molecule has 2 heterocycles. The molecule has 1 N–H and O–H groups in total. The minimum Gasteiger partial charge on any atom is -0.348 e. The SMILES string of the molecule is Cc1ccc(C(C)NC(=O)Cn2nc(C)c3c(cnn3C(C)C)c2=O)c(F)c1. The Morgan fingerprint density at radius 2 is 1.96 bits per heavy atom. The summed E-state index contributed by atoms with van der Waals surface area (Å²) in [5.74, 6) is -0.793. The molecule has 0 spiro atoms. The van der Waals surface area contributed by atoms with Crippen LogP contribution in [-0.4, -0.2) is 25.5 Å². The summed E-state index contributed by atoms with van der Waals surface area (Å²) in [5.41, 5.74) is 2.11. The largest absolute Gasteiger partial charge is 0.348 e. The van der Waals surface area contributed by atoms with E-state index in [-0.39, 0.29) is 24.0 Å². The van der Waals surface area contributed by atoms with Gasteiger partial charge in [0.2, 0.25) is 5.91 Å². The highest BCUT2D eigenvalue weighted by Gasteiger charge is 2.18.